The van der Waals surface area contributed by atoms with E-state index in [9.17, 15) is 4.79 Å². The van der Waals surface area contributed by atoms with Gasteiger partial charge in [0.1, 0.15) is 0 Å². The molecule has 0 aromatic heterocycles. The second-order valence-electron chi connectivity index (χ2n) is 8.54. The molecule has 2 aliphatic rings. The quantitative estimate of drug-likeness (QED) is 0.371. The highest BCUT2D eigenvalue weighted by molar-refractivity contribution is 5.80. The van der Waals surface area contributed by atoms with E-state index in [1.165, 1.54) is 36.9 Å². The van der Waals surface area contributed by atoms with Crippen molar-refractivity contribution in [1.82, 2.24) is 20.4 Å². The maximum absolute atomic E-state index is 11.7. The molecule has 0 spiro atoms. The van der Waals surface area contributed by atoms with Crippen LogP contribution in [0, 0.1) is 0 Å². The van der Waals surface area contributed by atoms with Gasteiger partial charge in [0.05, 0.1) is 6.54 Å². The van der Waals surface area contributed by atoms with E-state index in [1.54, 1.807) is 0 Å². The second kappa shape index (κ2) is 11.9. The number of piperidine rings is 1. The Balaban J connectivity index is 1.52. The maximum atomic E-state index is 11.7. The minimum absolute atomic E-state index is 0.301. The molecule has 3 rings (SSSR count). The lowest BCUT2D eigenvalue weighted by atomic mass is 10.0. The van der Waals surface area contributed by atoms with Gasteiger partial charge in [-0.15, -0.1) is 0 Å². The lowest BCUT2D eigenvalue weighted by molar-refractivity contribution is -0.127. The number of amides is 1. The van der Waals surface area contributed by atoms with Crippen LogP contribution in [0.4, 0.5) is 0 Å². The Kier molecular flexibility index (Phi) is 9.00. The van der Waals surface area contributed by atoms with Crippen LogP contribution in [0.2, 0.25) is 0 Å². The summed E-state index contributed by atoms with van der Waals surface area (Å²) in [6.07, 6.45) is 6.63. The Hall–Kier alpha value is -2.08. The molecule has 1 aromatic rings. The lowest BCUT2D eigenvalue weighted by Gasteiger charge is -2.33. The van der Waals surface area contributed by atoms with Gasteiger partial charge in [0.2, 0.25) is 5.91 Å². The third-order valence-electron chi connectivity index (χ3n) is 6.25. The first kappa shape index (κ1) is 22.6. The first-order valence-electron chi connectivity index (χ1n) is 11.8. The fourth-order valence-corrected chi connectivity index (χ4v) is 4.40. The number of guanidine groups is 1. The van der Waals surface area contributed by atoms with Crippen molar-refractivity contribution in [3.05, 3.63) is 35.4 Å². The molecule has 1 amide bonds. The zero-order valence-corrected chi connectivity index (χ0v) is 18.8. The number of rotatable bonds is 9. The minimum atomic E-state index is 0.301. The molecule has 1 aromatic carbocycles. The Morgan fingerprint density at radius 2 is 1.97 bits per heavy atom. The van der Waals surface area contributed by atoms with Gasteiger partial charge in [-0.1, -0.05) is 30.7 Å². The third kappa shape index (κ3) is 6.73. The smallest absolute Gasteiger partial charge is 0.222 e. The molecular formula is C24H39N5O. The molecule has 1 unspecified atom stereocenters. The highest BCUT2D eigenvalue weighted by Gasteiger charge is 2.20. The molecule has 0 radical (unpaired) electrons. The predicted molar refractivity (Wildman–Crippen MR) is 123 cm³/mol. The van der Waals surface area contributed by atoms with Gasteiger partial charge in [0.25, 0.3) is 0 Å². The van der Waals surface area contributed by atoms with E-state index in [0.717, 1.165) is 51.5 Å². The molecule has 2 heterocycles. The highest BCUT2D eigenvalue weighted by Crippen LogP contribution is 2.21. The molecule has 0 aliphatic carbocycles. The van der Waals surface area contributed by atoms with Gasteiger partial charge in [-0.05, 0) is 57.2 Å². The van der Waals surface area contributed by atoms with E-state index >= 15 is 0 Å². The van der Waals surface area contributed by atoms with Crippen LogP contribution >= 0.6 is 0 Å². The minimum Gasteiger partial charge on any atom is -0.357 e. The van der Waals surface area contributed by atoms with Crippen LogP contribution in [-0.2, 0) is 17.9 Å². The van der Waals surface area contributed by atoms with E-state index in [-0.39, 0.29) is 0 Å². The van der Waals surface area contributed by atoms with E-state index in [4.69, 9.17) is 4.99 Å². The zero-order valence-electron chi connectivity index (χ0n) is 18.8. The van der Waals surface area contributed by atoms with Crippen molar-refractivity contribution in [2.24, 2.45) is 4.99 Å². The molecule has 2 N–H and O–H groups in total. The predicted octanol–water partition coefficient (Wildman–Crippen LogP) is 3.13. The van der Waals surface area contributed by atoms with Crippen LogP contribution in [0.15, 0.2) is 29.3 Å². The molecule has 6 heteroatoms. The number of likely N-dealkylation sites (tertiary alicyclic amines) is 2. The molecular weight excluding hydrogens is 374 g/mol. The number of nitrogens with one attached hydrogen (secondary N) is 2. The number of hydrogen-bond acceptors (Lipinski definition) is 3. The van der Waals surface area contributed by atoms with Crippen molar-refractivity contribution >= 4 is 11.9 Å². The SMILES string of the molecule is CCNC(=NCc1ccccc1CN1CCCCC1C)NCCCN1CCCC1=O. The summed E-state index contributed by atoms with van der Waals surface area (Å²) in [5, 5.41) is 6.77. The first-order chi connectivity index (χ1) is 14.7. The Morgan fingerprint density at radius 1 is 1.13 bits per heavy atom. The molecule has 2 saturated heterocycles. The van der Waals surface area contributed by atoms with Crippen molar-refractivity contribution in [2.45, 2.75) is 71.5 Å². The van der Waals surface area contributed by atoms with Gasteiger partial charge < -0.3 is 15.5 Å². The normalized spacial score (nSPS) is 20.6. The molecule has 2 fully saturated rings. The van der Waals surface area contributed by atoms with Crippen LogP contribution < -0.4 is 10.6 Å². The van der Waals surface area contributed by atoms with Crippen molar-refractivity contribution in [2.75, 3.05) is 32.7 Å². The number of benzene rings is 1. The van der Waals surface area contributed by atoms with E-state index < -0.39 is 0 Å². The van der Waals surface area contributed by atoms with Gasteiger partial charge >= 0.3 is 0 Å². The van der Waals surface area contributed by atoms with Gasteiger partial charge in [-0.25, -0.2) is 4.99 Å². The monoisotopic (exact) mass is 413 g/mol. The van der Waals surface area contributed by atoms with E-state index in [0.29, 0.717) is 24.9 Å². The van der Waals surface area contributed by atoms with Crippen LogP contribution in [0.25, 0.3) is 0 Å². The van der Waals surface area contributed by atoms with Gasteiger partial charge in [0.15, 0.2) is 5.96 Å². The summed E-state index contributed by atoms with van der Waals surface area (Å²) in [4.78, 5) is 21.1. The van der Waals surface area contributed by atoms with Gasteiger partial charge in [0, 0.05) is 45.2 Å². The second-order valence-corrected chi connectivity index (χ2v) is 8.54. The molecule has 2 aliphatic heterocycles. The molecule has 0 bridgehead atoms. The number of aliphatic imine (C=N–C) groups is 1. The molecule has 0 saturated carbocycles. The number of carbonyl (C=O) groups excluding carboxylic acids is 1. The molecule has 6 nitrogen and oxygen atoms in total. The maximum Gasteiger partial charge on any atom is 0.222 e. The summed E-state index contributed by atoms with van der Waals surface area (Å²) in [5.41, 5.74) is 2.69. The fourth-order valence-electron chi connectivity index (χ4n) is 4.40. The van der Waals surface area contributed by atoms with Gasteiger partial charge in [-0.2, -0.15) is 0 Å². The summed E-state index contributed by atoms with van der Waals surface area (Å²) in [6.45, 7) is 10.7. The summed E-state index contributed by atoms with van der Waals surface area (Å²) in [7, 11) is 0. The zero-order chi connectivity index (χ0) is 21.2. The molecule has 30 heavy (non-hydrogen) atoms. The summed E-state index contributed by atoms with van der Waals surface area (Å²) in [6, 6.07) is 9.37. The number of hydrogen-bond donors (Lipinski definition) is 2. The highest BCUT2D eigenvalue weighted by atomic mass is 16.2. The van der Waals surface area contributed by atoms with E-state index in [1.807, 2.05) is 4.90 Å². The number of nitrogens with zero attached hydrogens (tertiary/aromatic N) is 3. The van der Waals surface area contributed by atoms with Crippen LogP contribution in [0.3, 0.4) is 0 Å². The Bertz CT molecular complexity index is 705. The average Bonchev–Trinajstić information content (AvgIpc) is 3.16. The summed E-state index contributed by atoms with van der Waals surface area (Å²) < 4.78 is 0. The summed E-state index contributed by atoms with van der Waals surface area (Å²) >= 11 is 0. The topological polar surface area (TPSA) is 60.0 Å². The van der Waals surface area contributed by atoms with Gasteiger partial charge in [-0.3, -0.25) is 9.69 Å². The van der Waals surface area contributed by atoms with Crippen molar-refractivity contribution in [1.29, 1.82) is 0 Å². The number of carbonyl (C=O) groups is 1. The standard InChI is InChI=1S/C24H39N5O/c1-3-25-24(26-14-9-17-28-16-8-13-23(28)30)27-18-21-11-4-5-12-22(21)19-29-15-7-6-10-20(29)2/h4-5,11-12,20H,3,6-10,13-19H2,1-2H3,(H2,25,26,27). The van der Waals surface area contributed by atoms with Crippen LogP contribution in [-0.4, -0.2) is 60.4 Å². The Labute approximate surface area is 182 Å². The van der Waals surface area contributed by atoms with Crippen molar-refractivity contribution < 1.29 is 4.79 Å². The van der Waals surface area contributed by atoms with Crippen LogP contribution in [0.5, 0.6) is 0 Å². The average molecular weight is 414 g/mol. The Morgan fingerprint density at radius 3 is 2.70 bits per heavy atom. The molecule has 166 valence electrons. The van der Waals surface area contributed by atoms with E-state index in [2.05, 4.69) is 53.6 Å². The third-order valence-corrected chi connectivity index (χ3v) is 6.25. The van der Waals surface area contributed by atoms with Crippen molar-refractivity contribution in [3.63, 3.8) is 0 Å². The lowest BCUT2D eigenvalue weighted by Crippen LogP contribution is -2.39. The van der Waals surface area contributed by atoms with Crippen LogP contribution in [0.1, 0.15) is 63.5 Å². The fraction of sp³-hybridized carbons (Fsp3) is 0.667. The van der Waals surface area contributed by atoms with Crippen molar-refractivity contribution in [3.8, 4) is 0 Å². The largest absolute Gasteiger partial charge is 0.357 e. The summed E-state index contributed by atoms with van der Waals surface area (Å²) in [5.74, 6) is 1.15. The molecule has 1 atom stereocenters. The first-order valence-corrected chi connectivity index (χ1v) is 11.8.